The lowest BCUT2D eigenvalue weighted by atomic mass is 10.1. The summed E-state index contributed by atoms with van der Waals surface area (Å²) in [6.07, 6.45) is 1.91. The summed E-state index contributed by atoms with van der Waals surface area (Å²) < 4.78 is 7.94. The van der Waals surface area contributed by atoms with Gasteiger partial charge in [0, 0.05) is 28.7 Å². The molecule has 0 aliphatic rings. The van der Waals surface area contributed by atoms with Crippen molar-refractivity contribution in [2.75, 3.05) is 0 Å². The molecule has 0 aliphatic heterocycles. The molecule has 0 saturated carbocycles. The predicted octanol–water partition coefficient (Wildman–Crippen LogP) is 3.50. The number of rotatable bonds is 1. The molecule has 0 N–H and O–H groups in total. The Morgan fingerprint density at radius 3 is 2.82 bits per heavy atom. The standard InChI is InChI=1S/C16H10BrN3O2/c1-20-8-10-6-9(2-4-13(10)19-20)15-18-14-5-3-11(17)7-12(14)16(21)22-15/h2-8H,1H3. The van der Waals surface area contributed by atoms with Crippen molar-refractivity contribution in [3.63, 3.8) is 0 Å². The number of halogens is 1. The molecule has 5 nitrogen and oxygen atoms in total. The average molecular weight is 356 g/mol. The maximum Gasteiger partial charge on any atom is 0.347 e. The van der Waals surface area contributed by atoms with Crippen LogP contribution in [0.1, 0.15) is 0 Å². The second-order valence-corrected chi connectivity index (χ2v) is 5.96. The minimum absolute atomic E-state index is 0.311. The number of fused-ring (bicyclic) bond motifs is 2. The van der Waals surface area contributed by atoms with E-state index in [-0.39, 0.29) is 0 Å². The van der Waals surface area contributed by atoms with Crippen LogP contribution in [0.15, 0.2) is 56.3 Å². The maximum atomic E-state index is 12.1. The molecule has 0 amide bonds. The molecule has 4 aromatic rings. The quantitative estimate of drug-likeness (QED) is 0.524. The van der Waals surface area contributed by atoms with E-state index in [2.05, 4.69) is 26.0 Å². The Hall–Kier alpha value is -2.47. The second kappa shape index (κ2) is 4.78. The number of hydrogen-bond acceptors (Lipinski definition) is 4. The van der Waals surface area contributed by atoms with Crippen LogP contribution < -0.4 is 5.63 Å². The zero-order valence-electron chi connectivity index (χ0n) is 11.6. The Balaban J connectivity index is 1.95. The van der Waals surface area contributed by atoms with Gasteiger partial charge in [-0.3, -0.25) is 4.68 Å². The van der Waals surface area contributed by atoms with Gasteiger partial charge in [-0.1, -0.05) is 15.9 Å². The summed E-state index contributed by atoms with van der Waals surface area (Å²) in [6.45, 7) is 0. The molecule has 0 unspecified atom stereocenters. The molecule has 0 atom stereocenters. The lowest BCUT2D eigenvalue weighted by Gasteiger charge is -2.02. The summed E-state index contributed by atoms with van der Waals surface area (Å²) >= 11 is 3.34. The van der Waals surface area contributed by atoms with Gasteiger partial charge >= 0.3 is 5.63 Å². The van der Waals surface area contributed by atoms with E-state index < -0.39 is 5.63 Å². The highest BCUT2D eigenvalue weighted by atomic mass is 79.9. The van der Waals surface area contributed by atoms with Gasteiger partial charge in [0.15, 0.2) is 0 Å². The Kier molecular flexibility index (Phi) is 2.87. The van der Waals surface area contributed by atoms with E-state index in [0.29, 0.717) is 16.8 Å². The first-order valence-electron chi connectivity index (χ1n) is 6.64. The summed E-state index contributed by atoms with van der Waals surface area (Å²) in [7, 11) is 1.87. The monoisotopic (exact) mass is 355 g/mol. The number of benzene rings is 2. The van der Waals surface area contributed by atoms with E-state index in [0.717, 1.165) is 20.9 Å². The number of nitrogens with zero attached hydrogens (tertiary/aromatic N) is 3. The normalized spacial score (nSPS) is 11.4. The van der Waals surface area contributed by atoms with Crippen molar-refractivity contribution in [1.29, 1.82) is 0 Å². The summed E-state index contributed by atoms with van der Waals surface area (Å²) in [5.74, 6) is 0.311. The van der Waals surface area contributed by atoms with Crippen LogP contribution in [-0.2, 0) is 7.05 Å². The Bertz CT molecular complexity index is 1080. The molecule has 22 heavy (non-hydrogen) atoms. The summed E-state index contributed by atoms with van der Waals surface area (Å²) in [5, 5.41) is 5.76. The highest BCUT2D eigenvalue weighted by molar-refractivity contribution is 9.10. The van der Waals surface area contributed by atoms with E-state index in [1.54, 1.807) is 16.8 Å². The number of aryl methyl sites for hydroxylation is 1. The molecule has 6 heteroatoms. The fourth-order valence-electron chi connectivity index (χ4n) is 2.45. The van der Waals surface area contributed by atoms with Crippen LogP contribution in [-0.4, -0.2) is 14.8 Å². The second-order valence-electron chi connectivity index (χ2n) is 5.04. The van der Waals surface area contributed by atoms with Gasteiger partial charge in [0.2, 0.25) is 5.89 Å². The Morgan fingerprint density at radius 2 is 1.95 bits per heavy atom. The van der Waals surface area contributed by atoms with Crippen LogP contribution in [0.2, 0.25) is 0 Å². The van der Waals surface area contributed by atoms with Crippen LogP contribution in [0.4, 0.5) is 0 Å². The van der Waals surface area contributed by atoms with Gasteiger partial charge in [-0.2, -0.15) is 5.10 Å². The third kappa shape index (κ3) is 2.12. The number of hydrogen-bond donors (Lipinski definition) is 0. The molecular weight excluding hydrogens is 346 g/mol. The van der Waals surface area contributed by atoms with Gasteiger partial charge in [0.25, 0.3) is 0 Å². The molecule has 2 aromatic carbocycles. The van der Waals surface area contributed by atoms with Crippen LogP contribution >= 0.6 is 15.9 Å². The van der Waals surface area contributed by atoms with Crippen molar-refractivity contribution in [1.82, 2.24) is 14.8 Å². The molecule has 2 heterocycles. The first-order chi connectivity index (χ1) is 10.6. The van der Waals surface area contributed by atoms with Gasteiger partial charge in [-0.25, -0.2) is 9.78 Å². The van der Waals surface area contributed by atoms with Crippen molar-refractivity contribution in [3.05, 3.63) is 57.5 Å². The predicted molar refractivity (Wildman–Crippen MR) is 87.7 cm³/mol. The Morgan fingerprint density at radius 1 is 1.14 bits per heavy atom. The topological polar surface area (TPSA) is 60.9 Å². The van der Waals surface area contributed by atoms with E-state index >= 15 is 0 Å². The molecule has 0 spiro atoms. The van der Waals surface area contributed by atoms with E-state index in [9.17, 15) is 4.79 Å². The fourth-order valence-corrected chi connectivity index (χ4v) is 2.81. The SMILES string of the molecule is Cn1cc2cc(-c3nc4ccc(Br)cc4c(=O)o3)ccc2n1. The van der Waals surface area contributed by atoms with E-state index in [1.165, 1.54) is 0 Å². The lowest BCUT2D eigenvalue weighted by molar-refractivity contribution is 0.518. The van der Waals surface area contributed by atoms with Gasteiger partial charge in [0.1, 0.15) is 0 Å². The smallest absolute Gasteiger partial charge is 0.347 e. The first-order valence-corrected chi connectivity index (χ1v) is 7.44. The average Bonchev–Trinajstić information content (AvgIpc) is 2.87. The first kappa shape index (κ1) is 13.2. The van der Waals surface area contributed by atoms with Crippen molar-refractivity contribution >= 4 is 37.7 Å². The molecule has 2 aromatic heterocycles. The highest BCUT2D eigenvalue weighted by Crippen LogP contribution is 2.24. The van der Waals surface area contributed by atoms with Crippen molar-refractivity contribution in [2.24, 2.45) is 7.05 Å². The highest BCUT2D eigenvalue weighted by Gasteiger charge is 2.10. The summed E-state index contributed by atoms with van der Waals surface area (Å²) in [6, 6.07) is 11.0. The van der Waals surface area contributed by atoms with Crippen LogP contribution in [0.5, 0.6) is 0 Å². The van der Waals surface area contributed by atoms with E-state index in [4.69, 9.17) is 4.42 Å². The minimum atomic E-state index is -0.396. The Labute approximate surface area is 133 Å². The molecule has 0 saturated heterocycles. The third-order valence-corrected chi connectivity index (χ3v) is 3.95. The van der Waals surface area contributed by atoms with Crippen molar-refractivity contribution in [2.45, 2.75) is 0 Å². The molecule has 0 bridgehead atoms. The third-order valence-electron chi connectivity index (χ3n) is 3.46. The van der Waals surface area contributed by atoms with E-state index in [1.807, 2.05) is 37.5 Å². The van der Waals surface area contributed by atoms with Crippen LogP contribution in [0.25, 0.3) is 33.3 Å². The molecule has 0 aliphatic carbocycles. The molecule has 0 radical (unpaired) electrons. The number of aromatic nitrogens is 3. The van der Waals surface area contributed by atoms with Crippen LogP contribution in [0.3, 0.4) is 0 Å². The molecule has 4 rings (SSSR count). The minimum Gasteiger partial charge on any atom is -0.403 e. The molecule has 0 fully saturated rings. The molecule has 108 valence electrons. The van der Waals surface area contributed by atoms with Gasteiger partial charge in [-0.05, 0) is 36.4 Å². The fraction of sp³-hybridized carbons (Fsp3) is 0.0625. The summed E-state index contributed by atoms with van der Waals surface area (Å²) in [5.41, 5.74) is 1.86. The van der Waals surface area contributed by atoms with Crippen LogP contribution in [0, 0.1) is 0 Å². The van der Waals surface area contributed by atoms with Crippen molar-refractivity contribution < 1.29 is 4.42 Å². The van der Waals surface area contributed by atoms with Gasteiger partial charge in [-0.15, -0.1) is 0 Å². The van der Waals surface area contributed by atoms with Gasteiger partial charge in [0.05, 0.1) is 16.4 Å². The zero-order chi connectivity index (χ0) is 15.3. The zero-order valence-corrected chi connectivity index (χ0v) is 13.2. The summed E-state index contributed by atoms with van der Waals surface area (Å²) in [4.78, 5) is 16.6. The van der Waals surface area contributed by atoms with Gasteiger partial charge < -0.3 is 4.42 Å². The lowest BCUT2D eigenvalue weighted by Crippen LogP contribution is -2.02. The maximum absolute atomic E-state index is 12.1. The largest absolute Gasteiger partial charge is 0.403 e. The van der Waals surface area contributed by atoms with Crippen molar-refractivity contribution in [3.8, 4) is 11.5 Å². The molecular formula is C16H10BrN3O2.